The number of nitrogens with one attached hydrogen (secondary N) is 1. The van der Waals surface area contributed by atoms with Crippen molar-refractivity contribution in [2.45, 2.75) is 13.8 Å². The van der Waals surface area contributed by atoms with E-state index >= 15 is 0 Å². The molecule has 0 spiro atoms. The number of carbonyl (C=O) groups is 1. The normalized spacial score (nSPS) is 11.0. The van der Waals surface area contributed by atoms with Crippen molar-refractivity contribution in [2.75, 3.05) is 5.32 Å². The van der Waals surface area contributed by atoms with Crippen LogP contribution in [0.5, 0.6) is 0 Å². The van der Waals surface area contributed by atoms with Crippen molar-refractivity contribution in [1.29, 1.82) is 0 Å². The summed E-state index contributed by atoms with van der Waals surface area (Å²) in [4.78, 5) is 20.4. The number of nitrogens with zero attached hydrogens (tertiary/aromatic N) is 2. The first-order chi connectivity index (χ1) is 13.5. The van der Waals surface area contributed by atoms with Gasteiger partial charge in [-0.3, -0.25) is 9.78 Å². The second-order valence-electron chi connectivity index (χ2n) is 6.10. The minimum Gasteiger partial charge on any atom is -0.307 e. The second kappa shape index (κ2) is 8.28. The van der Waals surface area contributed by atoms with Crippen molar-refractivity contribution in [3.8, 4) is 12.3 Å². The third-order valence-corrected chi connectivity index (χ3v) is 4.37. The van der Waals surface area contributed by atoms with E-state index in [2.05, 4.69) is 21.2 Å². The maximum Gasteiger partial charge on any atom is 0.258 e. The summed E-state index contributed by atoms with van der Waals surface area (Å²) in [5.74, 6) is 1.99. The molecule has 0 aliphatic rings. The van der Waals surface area contributed by atoms with Gasteiger partial charge < -0.3 is 5.32 Å². The van der Waals surface area contributed by atoms with E-state index in [0.29, 0.717) is 5.82 Å². The van der Waals surface area contributed by atoms with Gasteiger partial charge in [-0.25, -0.2) is 9.37 Å². The summed E-state index contributed by atoms with van der Waals surface area (Å²) in [7, 11) is 0. The van der Waals surface area contributed by atoms with Crippen LogP contribution in [-0.4, -0.2) is 15.9 Å². The molecule has 0 aliphatic carbocycles. The molecule has 1 aromatic carbocycles. The summed E-state index contributed by atoms with van der Waals surface area (Å²) in [6.07, 6.45) is 11.5. The lowest BCUT2D eigenvalue weighted by Gasteiger charge is -2.10. The summed E-state index contributed by atoms with van der Waals surface area (Å²) in [5, 5.41) is 2.67. The summed E-state index contributed by atoms with van der Waals surface area (Å²) < 4.78 is 13.6. The summed E-state index contributed by atoms with van der Waals surface area (Å²) in [6, 6.07) is 11.3. The third-order valence-electron chi connectivity index (χ3n) is 4.37. The molecule has 138 valence electrons. The van der Waals surface area contributed by atoms with Crippen LogP contribution in [-0.2, 0) is 0 Å². The number of terminal acetylenes is 1. The molecule has 0 atom stereocenters. The molecule has 2 heterocycles. The number of amides is 1. The molecule has 0 fully saturated rings. The van der Waals surface area contributed by atoms with Crippen LogP contribution >= 0.6 is 0 Å². The molecule has 0 aliphatic heterocycles. The zero-order valence-corrected chi connectivity index (χ0v) is 15.5. The molecule has 2 aromatic heterocycles. The monoisotopic (exact) mass is 371 g/mol. The highest BCUT2D eigenvalue weighted by molar-refractivity contribution is 6.04. The van der Waals surface area contributed by atoms with E-state index in [1.54, 1.807) is 12.3 Å². The van der Waals surface area contributed by atoms with E-state index < -0.39 is 11.7 Å². The molecule has 0 radical (unpaired) electrons. The Morgan fingerprint density at radius 2 is 1.82 bits per heavy atom. The van der Waals surface area contributed by atoms with Gasteiger partial charge in [-0.15, -0.1) is 6.42 Å². The lowest BCUT2D eigenvalue weighted by molar-refractivity contribution is 0.102. The number of aromatic nitrogens is 2. The first-order valence-corrected chi connectivity index (χ1v) is 8.64. The number of pyridine rings is 2. The predicted octanol–water partition coefficient (Wildman–Crippen LogP) is 4.61. The van der Waals surface area contributed by atoms with Crippen LogP contribution in [0.15, 0.2) is 61.1 Å². The molecular weight excluding hydrogens is 353 g/mol. The van der Waals surface area contributed by atoms with E-state index in [1.165, 1.54) is 13.1 Å². The minimum absolute atomic E-state index is 0.175. The molecule has 4 nitrogen and oxygen atoms in total. The molecule has 3 rings (SSSR count). The Labute approximate surface area is 163 Å². The van der Waals surface area contributed by atoms with Gasteiger partial charge in [0.1, 0.15) is 11.6 Å². The van der Waals surface area contributed by atoms with Crippen LogP contribution in [0.4, 0.5) is 10.2 Å². The minimum atomic E-state index is -0.524. The number of allylic oxidation sites excluding steroid dienone is 1. The zero-order valence-electron chi connectivity index (χ0n) is 15.5. The van der Waals surface area contributed by atoms with Crippen molar-refractivity contribution < 1.29 is 9.18 Å². The number of benzene rings is 1. The fraction of sp³-hybridized carbons (Fsp3) is 0.0870. The molecule has 0 unspecified atom stereocenters. The van der Waals surface area contributed by atoms with Crippen molar-refractivity contribution in [3.05, 3.63) is 94.7 Å². The molecule has 1 amide bonds. The van der Waals surface area contributed by atoms with Gasteiger partial charge in [-0.2, -0.15) is 0 Å². The Hall–Kier alpha value is -3.78. The lowest BCUT2D eigenvalue weighted by Crippen LogP contribution is -2.15. The molecule has 1 N–H and O–H groups in total. The van der Waals surface area contributed by atoms with Gasteiger partial charge in [0.2, 0.25) is 0 Å². The number of hydrogen-bond donors (Lipinski definition) is 1. The Morgan fingerprint density at radius 1 is 1.11 bits per heavy atom. The summed E-state index contributed by atoms with van der Waals surface area (Å²) >= 11 is 0. The average molecular weight is 371 g/mol. The first kappa shape index (κ1) is 19.0. The SMILES string of the molecule is C#Cc1ccc(/C(=C/C)c2ccc(NC(=O)c3cncc(F)c3C)nc2)cc1. The molecule has 28 heavy (non-hydrogen) atoms. The number of carbonyl (C=O) groups excluding carboxylic acids is 1. The fourth-order valence-electron chi connectivity index (χ4n) is 2.79. The molecular formula is C23H18FN3O. The van der Waals surface area contributed by atoms with Gasteiger partial charge in [0.05, 0.1) is 11.8 Å². The van der Waals surface area contributed by atoms with E-state index in [1.807, 2.05) is 43.3 Å². The standard InChI is InChI=1S/C23H18FN3O/c1-4-16-6-8-17(9-7-16)19(5-2)18-10-11-22(26-12-18)27-23(28)20-13-25-14-21(24)15(20)3/h1,5-14H,2-3H3,(H,26,27,28)/b19-5-. The van der Waals surface area contributed by atoms with Crippen LogP contribution in [0.1, 0.15) is 39.5 Å². The van der Waals surface area contributed by atoms with Crippen LogP contribution in [0.25, 0.3) is 5.57 Å². The second-order valence-corrected chi connectivity index (χ2v) is 6.10. The van der Waals surface area contributed by atoms with Crippen molar-refractivity contribution in [3.63, 3.8) is 0 Å². The molecule has 3 aromatic rings. The highest BCUT2D eigenvalue weighted by Gasteiger charge is 2.13. The van der Waals surface area contributed by atoms with Gasteiger partial charge in [0, 0.05) is 29.1 Å². The summed E-state index contributed by atoms with van der Waals surface area (Å²) in [6.45, 7) is 3.48. The topological polar surface area (TPSA) is 54.9 Å². The number of rotatable bonds is 4. The van der Waals surface area contributed by atoms with Crippen molar-refractivity contribution in [2.24, 2.45) is 0 Å². The van der Waals surface area contributed by atoms with Gasteiger partial charge in [0.25, 0.3) is 5.91 Å². The number of halogens is 1. The zero-order chi connectivity index (χ0) is 20.1. The fourth-order valence-corrected chi connectivity index (χ4v) is 2.79. The predicted molar refractivity (Wildman–Crippen MR) is 108 cm³/mol. The van der Waals surface area contributed by atoms with E-state index in [9.17, 15) is 9.18 Å². The van der Waals surface area contributed by atoms with E-state index in [4.69, 9.17) is 6.42 Å². The highest BCUT2D eigenvalue weighted by Crippen LogP contribution is 2.24. The van der Waals surface area contributed by atoms with Crippen molar-refractivity contribution >= 4 is 17.3 Å². The quantitative estimate of drug-likeness (QED) is 0.682. The number of anilines is 1. The summed E-state index contributed by atoms with van der Waals surface area (Å²) in [5.41, 5.74) is 4.15. The Balaban J connectivity index is 1.79. The smallest absolute Gasteiger partial charge is 0.258 e. The van der Waals surface area contributed by atoms with E-state index in [-0.39, 0.29) is 11.1 Å². The average Bonchev–Trinajstić information content (AvgIpc) is 2.72. The van der Waals surface area contributed by atoms with Crippen LogP contribution < -0.4 is 5.32 Å². The first-order valence-electron chi connectivity index (χ1n) is 8.64. The number of hydrogen-bond acceptors (Lipinski definition) is 3. The van der Waals surface area contributed by atoms with Crippen LogP contribution in [0.3, 0.4) is 0 Å². The van der Waals surface area contributed by atoms with Gasteiger partial charge in [0.15, 0.2) is 0 Å². The largest absolute Gasteiger partial charge is 0.307 e. The third kappa shape index (κ3) is 3.97. The Bertz CT molecular complexity index is 1080. The van der Waals surface area contributed by atoms with Gasteiger partial charge in [-0.1, -0.05) is 24.1 Å². The molecule has 0 bridgehead atoms. The van der Waals surface area contributed by atoms with Crippen molar-refractivity contribution in [1.82, 2.24) is 9.97 Å². The maximum atomic E-state index is 13.6. The van der Waals surface area contributed by atoms with Crippen LogP contribution in [0, 0.1) is 25.1 Å². The van der Waals surface area contributed by atoms with Gasteiger partial charge >= 0.3 is 0 Å². The van der Waals surface area contributed by atoms with E-state index in [0.717, 1.165) is 28.5 Å². The maximum absolute atomic E-state index is 13.6. The van der Waals surface area contributed by atoms with Gasteiger partial charge in [-0.05, 0) is 49.2 Å². The van der Waals surface area contributed by atoms with Crippen LogP contribution in [0.2, 0.25) is 0 Å². The molecule has 0 saturated heterocycles. The highest BCUT2D eigenvalue weighted by atomic mass is 19.1. The molecule has 0 saturated carbocycles. The lowest BCUT2D eigenvalue weighted by atomic mass is 9.98. The Kier molecular flexibility index (Phi) is 5.61. The Morgan fingerprint density at radius 3 is 2.43 bits per heavy atom. The molecule has 5 heteroatoms.